The van der Waals surface area contributed by atoms with E-state index in [2.05, 4.69) is 21.7 Å². The van der Waals surface area contributed by atoms with Crippen LogP contribution < -0.4 is 0 Å². The minimum atomic E-state index is 0.00402. The van der Waals surface area contributed by atoms with Crippen molar-refractivity contribution in [2.45, 2.75) is 46.3 Å². The minimum absolute atomic E-state index is 0.00402. The van der Waals surface area contributed by atoms with E-state index in [1.165, 1.54) is 12.1 Å². The lowest BCUT2D eigenvalue weighted by Gasteiger charge is -2.28. The van der Waals surface area contributed by atoms with E-state index in [0.29, 0.717) is 31.0 Å². The number of carbonyl (C=O) groups excluding carboxylic acids is 1. The fourth-order valence-corrected chi connectivity index (χ4v) is 3.52. The fraction of sp³-hybridized carbons (Fsp3) is 0.444. The summed E-state index contributed by atoms with van der Waals surface area (Å²) < 4.78 is 8.93. The molecule has 0 N–H and O–H groups in total. The van der Waals surface area contributed by atoms with Crippen LogP contribution in [-0.4, -0.2) is 41.9 Å². The largest absolute Gasteiger partial charge is 0.451 e. The van der Waals surface area contributed by atoms with Crippen LogP contribution in [0.25, 0.3) is 11.4 Å². The normalized spacial score (nSPS) is 13.8. The summed E-state index contributed by atoms with van der Waals surface area (Å²) in [5, 5.41) is 8.96. The molecule has 0 atom stereocenters. The summed E-state index contributed by atoms with van der Waals surface area (Å²) in [5.41, 5.74) is 4.40. The Morgan fingerprint density at radius 3 is 2.92 bits per heavy atom. The molecule has 1 amide bonds. The first-order chi connectivity index (χ1) is 12.7. The number of fused-ring (bicyclic) bond motifs is 1. The molecular weight excluding hydrogens is 332 g/mol. The average Bonchev–Trinajstić information content (AvgIpc) is 3.40. The van der Waals surface area contributed by atoms with Gasteiger partial charge in [-0.2, -0.15) is 10.2 Å². The van der Waals surface area contributed by atoms with Crippen LogP contribution in [0.1, 0.15) is 42.0 Å². The molecule has 0 unspecified atom stereocenters. The Morgan fingerprint density at radius 2 is 2.19 bits per heavy atom. The van der Waals surface area contributed by atoms with E-state index in [1.54, 1.807) is 23.2 Å². The van der Waals surface area contributed by atoms with Gasteiger partial charge in [-0.15, -0.1) is 0 Å². The lowest BCUT2D eigenvalue weighted by atomic mass is 10.0. The predicted molar refractivity (Wildman–Crippen MR) is 94.4 cm³/mol. The van der Waals surface area contributed by atoms with Gasteiger partial charge in [0.1, 0.15) is 23.3 Å². The van der Waals surface area contributed by atoms with Crippen molar-refractivity contribution in [2.24, 2.45) is 0 Å². The van der Waals surface area contributed by atoms with Gasteiger partial charge in [0.25, 0.3) is 5.91 Å². The zero-order chi connectivity index (χ0) is 18.1. The molecule has 0 radical (unpaired) electrons. The Kier molecular flexibility index (Phi) is 4.32. The maximum Gasteiger partial charge on any atom is 0.272 e. The molecule has 1 aliphatic heterocycles. The van der Waals surface area contributed by atoms with Gasteiger partial charge in [0.15, 0.2) is 6.39 Å². The number of hydrogen-bond acceptors (Lipinski definition) is 5. The third kappa shape index (κ3) is 2.71. The molecular formula is C18H22N6O2. The predicted octanol–water partition coefficient (Wildman–Crippen LogP) is 2.36. The lowest BCUT2D eigenvalue weighted by Crippen LogP contribution is -2.37. The van der Waals surface area contributed by atoms with E-state index >= 15 is 0 Å². The Hall–Kier alpha value is -2.90. The molecule has 4 rings (SSSR count). The highest BCUT2D eigenvalue weighted by atomic mass is 16.3. The Balaban J connectivity index is 1.68. The first-order valence-corrected chi connectivity index (χ1v) is 9.01. The van der Waals surface area contributed by atoms with Gasteiger partial charge in [-0.1, -0.05) is 6.92 Å². The molecule has 26 heavy (non-hydrogen) atoms. The van der Waals surface area contributed by atoms with Gasteiger partial charge >= 0.3 is 0 Å². The maximum atomic E-state index is 13.0. The van der Waals surface area contributed by atoms with Gasteiger partial charge in [-0.3, -0.25) is 14.2 Å². The summed E-state index contributed by atoms with van der Waals surface area (Å²) in [6.07, 6.45) is 6.47. The first-order valence-electron chi connectivity index (χ1n) is 9.01. The number of hydrogen-bond donors (Lipinski definition) is 0. The highest BCUT2D eigenvalue weighted by Crippen LogP contribution is 2.30. The molecule has 1 aliphatic rings. The van der Waals surface area contributed by atoms with Gasteiger partial charge in [0, 0.05) is 43.5 Å². The van der Waals surface area contributed by atoms with Crippen molar-refractivity contribution in [1.82, 2.24) is 29.4 Å². The lowest BCUT2D eigenvalue weighted by molar-refractivity contribution is 0.0721. The highest BCUT2D eigenvalue weighted by molar-refractivity contribution is 5.92. The van der Waals surface area contributed by atoms with E-state index < -0.39 is 0 Å². The summed E-state index contributed by atoms with van der Waals surface area (Å²) in [7, 11) is 0. The van der Waals surface area contributed by atoms with Crippen LogP contribution in [0.2, 0.25) is 0 Å². The molecule has 0 aromatic carbocycles. The third-order valence-electron chi connectivity index (χ3n) is 4.77. The fourth-order valence-electron chi connectivity index (χ4n) is 3.52. The van der Waals surface area contributed by atoms with Crippen molar-refractivity contribution >= 4 is 5.91 Å². The molecule has 0 bridgehead atoms. The minimum Gasteiger partial charge on any atom is -0.451 e. The van der Waals surface area contributed by atoms with Crippen LogP contribution in [0.3, 0.4) is 0 Å². The SMILES string of the molecule is CCCn1nc(-c2cocn2)c2c1CCN(C(=O)c1ccnn1CC)C2. The van der Waals surface area contributed by atoms with Gasteiger partial charge in [0.05, 0.1) is 6.54 Å². The third-order valence-corrected chi connectivity index (χ3v) is 4.77. The van der Waals surface area contributed by atoms with E-state index in [0.717, 1.165) is 30.6 Å². The standard InChI is InChI=1S/C18H22N6O2/c1-3-8-24-15-6-9-22(18(25)16-5-7-20-23(16)4-2)10-13(15)17(21-24)14-11-26-12-19-14/h5,7,11-12H,3-4,6,8-10H2,1-2H3. The Labute approximate surface area is 151 Å². The van der Waals surface area contributed by atoms with Crippen molar-refractivity contribution in [3.63, 3.8) is 0 Å². The van der Waals surface area contributed by atoms with Crippen LogP contribution in [0.5, 0.6) is 0 Å². The quantitative estimate of drug-likeness (QED) is 0.702. The second-order valence-corrected chi connectivity index (χ2v) is 6.38. The second kappa shape index (κ2) is 6.78. The van der Waals surface area contributed by atoms with Crippen molar-refractivity contribution in [1.29, 1.82) is 0 Å². The number of nitrogens with zero attached hydrogens (tertiary/aromatic N) is 6. The average molecular weight is 354 g/mol. The monoisotopic (exact) mass is 354 g/mol. The smallest absolute Gasteiger partial charge is 0.272 e. The zero-order valence-electron chi connectivity index (χ0n) is 15.1. The number of aromatic nitrogens is 5. The summed E-state index contributed by atoms with van der Waals surface area (Å²) >= 11 is 0. The molecule has 0 saturated heterocycles. The van der Waals surface area contributed by atoms with Gasteiger partial charge < -0.3 is 9.32 Å². The maximum absolute atomic E-state index is 13.0. The zero-order valence-corrected chi connectivity index (χ0v) is 15.1. The molecule has 8 heteroatoms. The molecule has 3 aromatic rings. The molecule has 4 heterocycles. The molecule has 136 valence electrons. The van der Waals surface area contributed by atoms with Gasteiger partial charge in [-0.25, -0.2) is 4.98 Å². The highest BCUT2D eigenvalue weighted by Gasteiger charge is 2.30. The molecule has 0 spiro atoms. The molecule has 3 aromatic heterocycles. The summed E-state index contributed by atoms with van der Waals surface area (Å²) in [5.74, 6) is 0.00402. The van der Waals surface area contributed by atoms with Crippen LogP contribution >= 0.6 is 0 Å². The van der Waals surface area contributed by atoms with E-state index in [4.69, 9.17) is 9.52 Å². The van der Waals surface area contributed by atoms with Crippen molar-refractivity contribution in [3.05, 3.63) is 41.9 Å². The molecule has 8 nitrogen and oxygen atoms in total. The first kappa shape index (κ1) is 16.6. The number of carbonyl (C=O) groups is 1. The van der Waals surface area contributed by atoms with Crippen LogP contribution in [0, 0.1) is 0 Å². The van der Waals surface area contributed by atoms with Crippen molar-refractivity contribution in [2.75, 3.05) is 6.54 Å². The van der Waals surface area contributed by atoms with Gasteiger partial charge in [0.2, 0.25) is 0 Å². The number of aryl methyl sites for hydroxylation is 2. The Bertz CT molecular complexity index is 908. The van der Waals surface area contributed by atoms with E-state index in [9.17, 15) is 4.79 Å². The van der Waals surface area contributed by atoms with Crippen LogP contribution in [0.4, 0.5) is 0 Å². The molecule has 0 fully saturated rings. The summed E-state index contributed by atoms with van der Waals surface area (Å²) in [6.45, 7) is 6.84. The number of rotatable bonds is 5. The van der Waals surface area contributed by atoms with Gasteiger partial charge in [-0.05, 0) is 19.4 Å². The van der Waals surface area contributed by atoms with Crippen molar-refractivity contribution in [3.8, 4) is 11.4 Å². The summed E-state index contributed by atoms with van der Waals surface area (Å²) in [4.78, 5) is 19.1. The van der Waals surface area contributed by atoms with Crippen LogP contribution in [-0.2, 0) is 26.1 Å². The van der Waals surface area contributed by atoms with E-state index in [1.807, 2.05) is 11.8 Å². The molecule has 0 aliphatic carbocycles. The van der Waals surface area contributed by atoms with Crippen LogP contribution in [0.15, 0.2) is 29.3 Å². The number of oxazole rings is 1. The Morgan fingerprint density at radius 1 is 1.31 bits per heavy atom. The number of amides is 1. The topological polar surface area (TPSA) is 82.0 Å². The second-order valence-electron chi connectivity index (χ2n) is 6.38. The van der Waals surface area contributed by atoms with Crippen molar-refractivity contribution < 1.29 is 9.21 Å². The summed E-state index contributed by atoms with van der Waals surface area (Å²) in [6, 6.07) is 1.78. The molecule has 0 saturated carbocycles. The van der Waals surface area contributed by atoms with E-state index in [-0.39, 0.29) is 5.91 Å².